The van der Waals surface area contributed by atoms with E-state index in [1.165, 1.54) is 6.92 Å². The second-order valence-electron chi connectivity index (χ2n) is 6.74. The molecule has 0 aliphatic heterocycles. The molecule has 0 heterocycles. The summed E-state index contributed by atoms with van der Waals surface area (Å²) in [7, 11) is 0. The number of nitrogens with one attached hydrogen (secondary N) is 1. The maximum atomic E-state index is 14.0. The van der Waals surface area contributed by atoms with Crippen LogP contribution in [0, 0.1) is 17.1 Å². The number of amides is 1. The molecule has 0 spiro atoms. The van der Waals surface area contributed by atoms with Crippen molar-refractivity contribution in [1.29, 1.82) is 5.26 Å². The molecule has 12 heteroatoms. The van der Waals surface area contributed by atoms with Crippen molar-refractivity contribution in [2.24, 2.45) is 0 Å². The fraction of sp³-hybridized carbons (Fsp3) is 0.300. The van der Waals surface area contributed by atoms with Crippen LogP contribution in [0.4, 0.5) is 30.7 Å². The van der Waals surface area contributed by atoms with Crippen molar-refractivity contribution in [2.75, 3.05) is 6.61 Å². The molecule has 5 nitrogen and oxygen atoms in total. The van der Waals surface area contributed by atoms with Gasteiger partial charge >= 0.3 is 12.5 Å². The van der Waals surface area contributed by atoms with Gasteiger partial charge in [0.1, 0.15) is 17.1 Å². The van der Waals surface area contributed by atoms with Gasteiger partial charge in [-0.15, -0.1) is 13.2 Å². The first-order valence-electron chi connectivity index (χ1n) is 8.76. The van der Waals surface area contributed by atoms with Crippen molar-refractivity contribution >= 4 is 5.91 Å². The van der Waals surface area contributed by atoms with Crippen LogP contribution >= 0.6 is 0 Å². The van der Waals surface area contributed by atoms with Crippen molar-refractivity contribution in [3.8, 4) is 11.8 Å². The van der Waals surface area contributed by atoms with E-state index >= 15 is 0 Å². The molecule has 2 rings (SSSR count). The summed E-state index contributed by atoms with van der Waals surface area (Å²) in [4.78, 5) is 12.3. The van der Waals surface area contributed by atoms with Crippen LogP contribution in [0.2, 0.25) is 0 Å². The van der Waals surface area contributed by atoms with Gasteiger partial charge in [0.05, 0.1) is 24.8 Å². The topological polar surface area (TPSA) is 71.3 Å². The second kappa shape index (κ2) is 9.44. The number of nitriles is 1. The van der Waals surface area contributed by atoms with Gasteiger partial charge in [-0.25, -0.2) is 4.39 Å². The first kappa shape index (κ1) is 24.9. The van der Waals surface area contributed by atoms with Crippen molar-refractivity contribution in [1.82, 2.24) is 5.32 Å². The van der Waals surface area contributed by atoms with Crippen molar-refractivity contribution < 1.29 is 45.0 Å². The zero-order valence-electron chi connectivity index (χ0n) is 16.3. The Labute approximate surface area is 177 Å². The Bertz CT molecular complexity index is 998. The maximum Gasteiger partial charge on any atom is 0.573 e. The van der Waals surface area contributed by atoms with Crippen molar-refractivity contribution in [3.05, 3.63) is 65.0 Å². The average Bonchev–Trinajstić information content (AvgIpc) is 2.67. The predicted molar refractivity (Wildman–Crippen MR) is 95.7 cm³/mol. The molecule has 0 saturated carbocycles. The summed E-state index contributed by atoms with van der Waals surface area (Å²) < 4.78 is 97.7. The Hall–Kier alpha value is -3.33. The molecule has 1 N–H and O–H groups in total. The molecule has 172 valence electrons. The lowest BCUT2D eigenvalue weighted by molar-refractivity contribution is -0.274. The molecule has 0 radical (unpaired) electrons. The normalized spacial score (nSPS) is 13.7. The molecular weight excluding hydrogens is 449 g/mol. The summed E-state index contributed by atoms with van der Waals surface area (Å²) in [6.07, 6.45) is -9.80. The largest absolute Gasteiger partial charge is 0.573 e. The quantitative estimate of drug-likeness (QED) is 0.588. The SMILES string of the molecule is CC(C#N)(COCc1cccc(C(F)(F)F)c1F)NC(=O)c1ccc(OC(F)(F)F)cc1. The number of ether oxygens (including phenoxy) is 2. The molecule has 2 aromatic rings. The average molecular weight is 464 g/mol. The molecule has 32 heavy (non-hydrogen) atoms. The third-order valence-electron chi connectivity index (χ3n) is 4.02. The van der Waals surface area contributed by atoms with Gasteiger partial charge in [0, 0.05) is 11.1 Å². The van der Waals surface area contributed by atoms with Crippen LogP contribution in [0.5, 0.6) is 5.75 Å². The minimum atomic E-state index is -4.90. The molecule has 0 saturated heterocycles. The van der Waals surface area contributed by atoms with Gasteiger partial charge in [-0.2, -0.15) is 18.4 Å². The van der Waals surface area contributed by atoms with Crippen LogP contribution in [-0.4, -0.2) is 24.4 Å². The van der Waals surface area contributed by atoms with Gasteiger partial charge in [-0.1, -0.05) is 12.1 Å². The van der Waals surface area contributed by atoms with E-state index in [4.69, 9.17) is 4.74 Å². The number of benzene rings is 2. The lowest BCUT2D eigenvalue weighted by Gasteiger charge is -2.23. The Kier molecular flexibility index (Phi) is 7.35. The zero-order chi connectivity index (χ0) is 24.2. The number of carbonyl (C=O) groups is 1. The van der Waals surface area contributed by atoms with Crippen LogP contribution < -0.4 is 10.1 Å². The first-order chi connectivity index (χ1) is 14.7. The molecule has 0 fully saturated rings. The van der Waals surface area contributed by atoms with E-state index < -0.39 is 59.9 Å². The summed E-state index contributed by atoms with van der Waals surface area (Å²) in [5.41, 5.74) is -3.62. The van der Waals surface area contributed by atoms with Gasteiger partial charge in [-0.05, 0) is 37.3 Å². The monoisotopic (exact) mass is 464 g/mol. The standard InChI is InChI=1S/C20H15F7N2O3/c1-18(10-28,11-31-9-13-3-2-4-15(16(13)21)19(22,23)24)29-17(30)12-5-7-14(8-6-12)32-20(25,26)27/h2-8H,9,11H2,1H3,(H,29,30). The fourth-order valence-corrected chi connectivity index (χ4v) is 2.50. The van der Waals surface area contributed by atoms with Gasteiger partial charge in [0.25, 0.3) is 5.91 Å². The highest BCUT2D eigenvalue weighted by molar-refractivity contribution is 5.95. The number of nitrogens with zero attached hydrogens (tertiary/aromatic N) is 1. The fourth-order valence-electron chi connectivity index (χ4n) is 2.50. The van der Waals surface area contributed by atoms with Crippen LogP contribution in [0.25, 0.3) is 0 Å². The third kappa shape index (κ3) is 6.84. The van der Waals surface area contributed by atoms with Gasteiger partial charge in [0.15, 0.2) is 0 Å². The number of halogens is 7. The maximum absolute atomic E-state index is 14.0. The van der Waals surface area contributed by atoms with E-state index in [1.807, 2.05) is 0 Å². The molecule has 1 unspecified atom stereocenters. The highest BCUT2D eigenvalue weighted by atomic mass is 19.4. The van der Waals surface area contributed by atoms with E-state index in [-0.39, 0.29) is 5.56 Å². The highest BCUT2D eigenvalue weighted by Gasteiger charge is 2.35. The summed E-state index contributed by atoms with van der Waals surface area (Å²) in [6.45, 7) is 0.126. The van der Waals surface area contributed by atoms with Gasteiger partial charge in [0.2, 0.25) is 0 Å². The van der Waals surface area contributed by atoms with Crippen LogP contribution in [0.1, 0.15) is 28.4 Å². The third-order valence-corrected chi connectivity index (χ3v) is 4.02. The molecule has 1 atom stereocenters. The number of alkyl halides is 6. The van der Waals surface area contributed by atoms with Crippen molar-refractivity contribution in [2.45, 2.75) is 31.6 Å². The second-order valence-corrected chi connectivity index (χ2v) is 6.74. The summed E-state index contributed by atoms with van der Waals surface area (Å²) in [5.74, 6) is -2.89. The highest BCUT2D eigenvalue weighted by Crippen LogP contribution is 2.32. The first-order valence-corrected chi connectivity index (χ1v) is 8.76. The summed E-state index contributed by atoms with van der Waals surface area (Å²) >= 11 is 0. The minimum Gasteiger partial charge on any atom is -0.406 e. The number of carbonyl (C=O) groups excluding carboxylic acids is 1. The van der Waals surface area contributed by atoms with Crippen LogP contribution in [0.3, 0.4) is 0 Å². The van der Waals surface area contributed by atoms with E-state index in [0.29, 0.717) is 6.07 Å². The molecule has 1 amide bonds. The van der Waals surface area contributed by atoms with Crippen LogP contribution in [0.15, 0.2) is 42.5 Å². The van der Waals surface area contributed by atoms with Gasteiger partial charge in [-0.3, -0.25) is 4.79 Å². The van der Waals surface area contributed by atoms with E-state index in [9.17, 15) is 40.8 Å². The van der Waals surface area contributed by atoms with Gasteiger partial charge < -0.3 is 14.8 Å². The molecule has 0 aromatic heterocycles. The van der Waals surface area contributed by atoms with E-state index in [1.54, 1.807) is 6.07 Å². The number of hydrogen-bond acceptors (Lipinski definition) is 4. The van der Waals surface area contributed by atoms with E-state index in [0.717, 1.165) is 36.4 Å². The van der Waals surface area contributed by atoms with Crippen molar-refractivity contribution in [3.63, 3.8) is 0 Å². The molecular formula is C20H15F7N2O3. The smallest absolute Gasteiger partial charge is 0.406 e. The Morgan fingerprint density at radius 3 is 2.22 bits per heavy atom. The molecule has 2 aromatic carbocycles. The number of rotatable bonds is 7. The Morgan fingerprint density at radius 2 is 1.69 bits per heavy atom. The zero-order valence-corrected chi connectivity index (χ0v) is 16.3. The lowest BCUT2D eigenvalue weighted by Crippen LogP contribution is -2.48. The Balaban J connectivity index is 2.01. The lowest BCUT2D eigenvalue weighted by atomic mass is 10.0. The summed E-state index contributed by atoms with van der Waals surface area (Å²) in [6, 6.07) is 8.28. The van der Waals surface area contributed by atoms with E-state index in [2.05, 4.69) is 10.1 Å². The predicted octanol–water partition coefficient (Wildman–Crippen LogP) is 4.97. The Morgan fingerprint density at radius 1 is 1.06 bits per heavy atom. The molecule has 0 bridgehead atoms. The molecule has 0 aliphatic rings. The number of hydrogen-bond donors (Lipinski definition) is 1. The minimum absolute atomic E-state index is 0.0927. The summed E-state index contributed by atoms with van der Waals surface area (Å²) in [5, 5.41) is 11.6. The molecule has 0 aliphatic carbocycles. The van der Waals surface area contributed by atoms with Crippen LogP contribution in [-0.2, 0) is 17.5 Å².